The lowest BCUT2D eigenvalue weighted by Crippen LogP contribution is -2.15. The van der Waals surface area contributed by atoms with Gasteiger partial charge in [-0.1, -0.05) is 0 Å². The Morgan fingerprint density at radius 3 is 2.93 bits per heavy atom. The van der Waals surface area contributed by atoms with E-state index in [9.17, 15) is 13.6 Å². The van der Waals surface area contributed by atoms with Crippen molar-refractivity contribution in [1.29, 1.82) is 0 Å². The molecule has 1 heterocycles. The number of thiophene rings is 1. The highest BCUT2D eigenvalue weighted by atomic mass is 32.1. The van der Waals surface area contributed by atoms with E-state index in [4.69, 9.17) is 0 Å². The fourth-order valence-corrected chi connectivity index (χ4v) is 1.95. The quantitative estimate of drug-likeness (QED) is 0.828. The van der Waals surface area contributed by atoms with Gasteiger partial charge in [-0.15, -0.1) is 0 Å². The van der Waals surface area contributed by atoms with Gasteiger partial charge in [-0.3, -0.25) is 4.79 Å². The van der Waals surface area contributed by atoms with Gasteiger partial charge in [-0.2, -0.15) is 11.3 Å². The SMILES string of the molecule is O=C(Nc1ccsc1)[C@H]1C[C@@H]1C(F)F. The fraction of sp³-hybridized carbons (Fsp3) is 0.444. The first-order valence-corrected chi connectivity index (χ1v) is 5.24. The number of rotatable bonds is 3. The molecule has 1 amide bonds. The molecule has 2 rings (SSSR count). The lowest BCUT2D eigenvalue weighted by molar-refractivity contribution is -0.118. The molecule has 5 heteroatoms. The van der Waals surface area contributed by atoms with Gasteiger partial charge in [0.2, 0.25) is 12.3 Å². The summed E-state index contributed by atoms with van der Waals surface area (Å²) < 4.78 is 24.3. The monoisotopic (exact) mass is 217 g/mol. The molecule has 1 fully saturated rings. The molecular formula is C9H9F2NOS. The van der Waals surface area contributed by atoms with Gasteiger partial charge in [0.1, 0.15) is 0 Å². The average Bonchev–Trinajstić information content (AvgIpc) is 2.80. The summed E-state index contributed by atoms with van der Waals surface area (Å²) in [5, 5.41) is 6.21. The van der Waals surface area contributed by atoms with E-state index in [1.54, 1.807) is 11.4 Å². The van der Waals surface area contributed by atoms with Gasteiger partial charge in [0.25, 0.3) is 0 Å². The third-order valence-corrected chi connectivity index (χ3v) is 2.97. The van der Waals surface area contributed by atoms with Crippen LogP contribution in [-0.4, -0.2) is 12.3 Å². The third-order valence-electron chi connectivity index (χ3n) is 2.29. The summed E-state index contributed by atoms with van der Waals surface area (Å²) in [5.74, 6) is -1.50. The zero-order chi connectivity index (χ0) is 10.1. The molecule has 76 valence electrons. The van der Waals surface area contributed by atoms with E-state index in [2.05, 4.69) is 5.32 Å². The molecule has 1 aromatic heterocycles. The highest BCUT2D eigenvalue weighted by Crippen LogP contribution is 2.43. The van der Waals surface area contributed by atoms with Crippen molar-refractivity contribution in [3.63, 3.8) is 0 Å². The molecule has 1 saturated carbocycles. The molecule has 0 unspecified atom stereocenters. The summed E-state index contributed by atoms with van der Waals surface area (Å²) in [6, 6.07) is 1.75. The van der Waals surface area contributed by atoms with E-state index < -0.39 is 18.3 Å². The van der Waals surface area contributed by atoms with Crippen molar-refractivity contribution < 1.29 is 13.6 Å². The third kappa shape index (κ3) is 1.92. The minimum atomic E-state index is -2.37. The first-order valence-electron chi connectivity index (χ1n) is 4.29. The Bertz CT molecular complexity index is 326. The van der Waals surface area contributed by atoms with Crippen LogP contribution in [0.15, 0.2) is 16.8 Å². The van der Waals surface area contributed by atoms with Crippen LogP contribution in [0, 0.1) is 11.8 Å². The Kier molecular flexibility index (Phi) is 2.50. The van der Waals surface area contributed by atoms with Crippen molar-refractivity contribution in [2.75, 3.05) is 5.32 Å². The second-order valence-electron chi connectivity index (χ2n) is 3.34. The summed E-state index contributed by atoms with van der Waals surface area (Å²) in [6.45, 7) is 0. The molecule has 0 spiro atoms. The van der Waals surface area contributed by atoms with Crippen molar-refractivity contribution >= 4 is 22.9 Å². The van der Waals surface area contributed by atoms with Gasteiger partial charge < -0.3 is 5.32 Å². The summed E-state index contributed by atoms with van der Waals surface area (Å²) in [6.07, 6.45) is -2.05. The molecule has 2 nitrogen and oxygen atoms in total. The van der Waals surface area contributed by atoms with Gasteiger partial charge in [0, 0.05) is 17.2 Å². The van der Waals surface area contributed by atoms with Crippen LogP contribution in [-0.2, 0) is 4.79 Å². The van der Waals surface area contributed by atoms with Crippen LogP contribution in [0.4, 0.5) is 14.5 Å². The average molecular weight is 217 g/mol. The number of carbonyl (C=O) groups is 1. The van der Waals surface area contributed by atoms with E-state index in [0.29, 0.717) is 12.1 Å². The first kappa shape index (κ1) is 9.58. The Hall–Kier alpha value is -0.970. The highest BCUT2D eigenvalue weighted by Gasteiger charge is 2.48. The van der Waals surface area contributed by atoms with Crippen LogP contribution >= 0.6 is 11.3 Å². The number of carbonyl (C=O) groups excluding carboxylic acids is 1. The van der Waals surface area contributed by atoms with Crippen LogP contribution in [0.25, 0.3) is 0 Å². The largest absolute Gasteiger partial charge is 0.325 e. The molecular weight excluding hydrogens is 208 g/mol. The Labute approximate surface area is 83.9 Å². The van der Waals surface area contributed by atoms with E-state index >= 15 is 0 Å². The molecule has 1 aliphatic carbocycles. The van der Waals surface area contributed by atoms with E-state index in [-0.39, 0.29) is 5.91 Å². The molecule has 0 aromatic carbocycles. The first-order chi connectivity index (χ1) is 6.68. The Morgan fingerprint density at radius 2 is 2.43 bits per heavy atom. The zero-order valence-corrected chi connectivity index (χ0v) is 8.06. The van der Waals surface area contributed by atoms with Gasteiger partial charge in [-0.25, -0.2) is 8.78 Å². The minimum Gasteiger partial charge on any atom is -0.325 e. The van der Waals surface area contributed by atoms with Crippen LogP contribution in [0.3, 0.4) is 0 Å². The molecule has 0 radical (unpaired) electrons. The normalized spacial score (nSPS) is 25.1. The van der Waals surface area contributed by atoms with E-state index in [0.717, 1.165) is 0 Å². The van der Waals surface area contributed by atoms with Gasteiger partial charge in [0.15, 0.2) is 0 Å². The molecule has 2 atom stereocenters. The van der Waals surface area contributed by atoms with Gasteiger partial charge >= 0.3 is 0 Å². The number of halogens is 2. The zero-order valence-electron chi connectivity index (χ0n) is 7.24. The number of anilines is 1. The molecule has 0 bridgehead atoms. The number of alkyl halides is 2. The van der Waals surface area contributed by atoms with Gasteiger partial charge in [0.05, 0.1) is 5.69 Å². The standard InChI is InChI=1S/C9H9F2NOS/c10-8(11)6-3-7(6)9(13)12-5-1-2-14-4-5/h1-2,4,6-8H,3H2,(H,12,13)/t6-,7-/m0/s1. The minimum absolute atomic E-state index is 0.284. The Balaban J connectivity index is 1.87. The number of hydrogen-bond donors (Lipinski definition) is 1. The maximum absolute atomic E-state index is 12.1. The van der Waals surface area contributed by atoms with Crippen molar-refractivity contribution in [2.45, 2.75) is 12.8 Å². The predicted octanol–water partition coefficient (Wildman–Crippen LogP) is 2.59. The Morgan fingerprint density at radius 1 is 1.64 bits per heavy atom. The van der Waals surface area contributed by atoms with Crippen LogP contribution in [0.1, 0.15) is 6.42 Å². The summed E-state index contributed by atoms with van der Waals surface area (Å²) >= 11 is 1.46. The lowest BCUT2D eigenvalue weighted by atomic mass is 10.3. The predicted molar refractivity (Wildman–Crippen MR) is 50.5 cm³/mol. The van der Waals surface area contributed by atoms with Crippen molar-refractivity contribution in [3.8, 4) is 0 Å². The van der Waals surface area contributed by atoms with Crippen LogP contribution < -0.4 is 5.32 Å². The topological polar surface area (TPSA) is 29.1 Å². The van der Waals surface area contributed by atoms with Gasteiger partial charge in [-0.05, 0) is 17.9 Å². The van der Waals surface area contributed by atoms with E-state index in [1.165, 1.54) is 11.3 Å². The smallest absolute Gasteiger partial charge is 0.242 e. The van der Waals surface area contributed by atoms with Crippen molar-refractivity contribution in [2.24, 2.45) is 11.8 Å². The second-order valence-corrected chi connectivity index (χ2v) is 4.12. The number of hydrogen-bond acceptors (Lipinski definition) is 2. The second kappa shape index (κ2) is 3.65. The molecule has 14 heavy (non-hydrogen) atoms. The van der Waals surface area contributed by atoms with Crippen molar-refractivity contribution in [1.82, 2.24) is 0 Å². The van der Waals surface area contributed by atoms with Crippen molar-refractivity contribution in [3.05, 3.63) is 16.8 Å². The number of amides is 1. The maximum atomic E-state index is 12.1. The molecule has 0 saturated heterocycles. The summed E-state index contributed by atoms with van der Waals surface area (Å²) in [4.78, 5) is 11.3. The summed E-state index contributed by atoms with van der Waals surface area (Å²) in [5.41, 5.74) is 0.694. The molecule has 1 aliphatic rings. The van der Waals surface area contributed by atoms with Crippen LogP contribution in [0.2, 0.25) is 0 Å². The highest BCUT2D eigenvalue weighted by molar-refractivity contribution is 7.08. The molecule has 1 N–H and O–H groups in total. The molecule has 1 aromatic rings. The fourth-order valence-electron chi connectivity index (χ4n) is 1.37. The maximum Gasteiger partial charge on any atom is 0.242 e. The van der Waals surface area contributed by atoms with Crippen LogP contribution in [0.5, 0.6) is 0 Å². The number of nitrogens with one attached hydrogen (secondary N) is 1. The molecule has 0 aliphatic heterocycles. The summed E-state index contributed by atoms with van der Waals surface area (Å²) in [7, 11) is 0. The van der Waals surface area contributed by atoms with E-state index in [1.807, 2.05) is 5.38 Å². The lowest BCUT2D eigenvalue weighted by Gasteiger charge is -2.01.